The molecule has 1 aromatic heterocycles. The van der Waals surface area contributed by atoms with Crippen LogP contribution in [0.15, 0.2) is 6.07 Å². The Morgan fingerprint density at radius 3 is 2.64 bits per heavy atom. The topological polar surface area (TPSA) is 45.9 Å². The molecule has 0 aliphatic heterocycles. The van der Waals surface area contributed by atoms with Crippen molar-refractivity contribution in [2.75, 3.05) is 7.11 Å². The van der Waals surface area contributed by atoms with Gasteiger partial charge in [-0.2, -0.15) is 5.26 Å². The van der Waals surface area contributed by atoms with Crippen LogP contribution in [0.3, 0.4) is 0 Å². The first kappa shape index (κ1) is 10.4. The van der Waals surface area contributed by atoms with Crippen LogP contribution in [0.4, 0.5) is 8.78 Å². The minimum absolute atomic E-state index is 0.0669. The summed E-state index contributed by atoms with van der Waals surface area (Å²) >= 11 is 0. The monoisotopic (exact) mass is 198 g/mol. The number of aromatic nitrogens is 1. The molecule has 5 heteroatoms. The van der Waals surface area contributed by atoms with Gasteiger partial charge in [-0.05, 0) is 13.0 Å². The molecule has 1 heterocycles. The van der Waals surface area contributed by atoms with Crippen molar-refractivity contribution in [2.24, 2.45) is 0 Å². The zero-order valence-electron chi connectivity index (χ0n) is 7.71. The normalized spacial score (nSPS) is 10.0. The van der Waals surface area contributed by atoms with E-state index >= 15 is 0 Å². The molecule has 0 fully saturated rings. The summed E-state index contributed by atoms with van der Waals surface area (Å²) < 4.78 is 29.7. The maximum absolute atomic E-state index is 12.5. The van der Waals surface area contributed by atoms with Crippen LogP contribution >= 0.6 is 0 Å². The molecule has 0 saturated carbocycles. The SMILES string of the molecule is COc1nc(C#N)cc(C(F)F)c1C. The molecular weight excluding hydrogens is 190 g/mol. The van der Waals surface area contributed by atoms with E-state index in [1.54, 1.807) is 6.07 Å². The third-order valence-corrected chi connectivity index (χ3v) is 1.81. The van der Waals surface area contributed by atoms with Gasteiger partial charge < -0.3 is 4.74 Å². The zero-order valence-corrected chi connectivity index (χ0v) is 7.71. The van der Waals surface area contributed by atoms with Gasteiger partial charge >= 0.3 is 0 Å². The van der Waals surface area contributed by atoms with E-state index in [9.17, 15) is 8.78 Å². The number of hydrogen-bond donors (Lipinski definition) is 0. The van der Waals surface area contributed by atoms with Gasteiger partial charge in [0.25, 0.3) is 6.43 Å². The fraction of sp³-hybridized carbons (Fsp3) is 0.333. The van der Waals surface area contributed by atoms with E-state index in [1.807, 2.05) is 0 Å². The van der Waals surface area contributed by atoms with Crippen LogP contribution in [-0.4, -0.2) is 12.1 Å². The Bertz CT molecular complexity index is 385. The van der Waals surface area contributed by atoms with E-state index in [0.29, 0.717) is 0 Å². The van der Waals surface area contributed by atoms with Crippen molar-refractivity contribution in [3.05, 3.63) is 22.9 Å². The van der Waals surface area contributed by atoms with Crippen molar-refractivity contribution in [3.8, 4) is 11.9 Å². The van der Waals surface area contributed by atoms with E-state index in [2.05, 4.69) is 4.98 Å². The number of nitrogens with zero attached hydrogens (tertiary/aromatic N) is 2. The quantitative estimate of drug-likeness (QED) is 0.731. The highest BCUT2D eigenvalue weighted by molar-refractivity contribution is 5.39. The molecule has 14 heavy (non-hydrogen) atoms. The van der Waals surface area contributed by atoms with Crippen molar-refractivity contribution in [1.82, 2.24) is 4.98 Å². The van der Waals surface area contributed by atoms with Gasteiger partial charge in [-0.15, -0.1) is 0 Å². The molecule has 74 valence electrons. The molecule has 1 aromatic rings. The molecule has 0 saturated heterocycles. The smallest absolute Gasteiger partial charge is 0.264 e. The molecule has 1 rings (SSSR count). The predicted molar refractivity (Wildman–Crippen MR) is 45.2 cm³/mol. The number of pyridine rings is 1. The highest BCUT2D eigenvalue weighted by atomic mass is 19.3. The fourth-order valence-corrected chi connectivity index (χ4v) is 1.09. The fourth-order valence-electron chi connectivity index (χ4n) is 1.09. The summed E-state index contributed by atoms with van der Waals surface area (Å²) in [4.78, 5) is 3.74. The molecule has 0 N–H and O–H groups in total. The van der Waals surface area contributed by atoms with Crippen molar-refractivity contribution < 1.29 is 13.5 Å². The molecule has 0 bridgehead atoms. The van der Waals surface area contributed by atoms with E-state index < -0.39 is 6.43 Å². The number of rotatable bonds is 2. The number of halogens is 2. The molecule has 0 aliphatic carbocycles. The summed E-state index contributed by atoms with van der Waals surface area (Å²) in [7, 11) is 1.33. The summed E-state index contributed by atoms with van der Waals surface area (Å²) in [5.74, 6) is 0.0688. The van der Waals surface area contributed by atoms with E-state index in [0.717, 1.165) is 6.07 Å². The van der Waals surface area contributed by atoms with Crippen molar-refractivity contribution in [3.63, 3.8) is 0 Å². The largest absolute Gasteiger partial charge is 0.481 e. The van der Waals surface area contributed by atoms with Crippen LogP contribution in [0.1, 0.15) is 23.2 Å². The lowest BCUT2D eigenvalue weighted by atomic mass is 10.1. The highest BCUT2D eigenvalue weighted by Crippen LogP contribution is 2.28. The number of alkyl halides is 2. The molecule has 0 unspecified atom stereocenters. The van der Waals surface area contributed by atoms with Gasteiger partial charge in [-0.3, -0.25) is 0 Å². The molecule has 0 aliphatic rings. The predicted octanol–water partition coefficient (Wildman–Crippen LogP) is 2.21. The molecule has 0 amide bonds. The Hall–Kier alpha value is -1.70. The van der Waals surface area contributed by atoms with Crippen LogP contribution in [0.5, 0.6) is 5.88 Å². The second-order valence-electron chi connectivity index (χ2n) is 2.64. The second-order valence-corrected chi connectivity index (χ2v) is 2.64. The lowest BCUT2D eigenvalue weighted by Gasteiger charge is -2.08. The first-order valence-corrected chi connectivity index (χ1v) is 3.84. The zero-order chi connectivity index (χ0) is 10.7. The maximum atomic E-state index is 12.5. The van der Waals surface area contributed by atoms with Gasteiger partial charge in [0.15, 0.2) is 0 Å². The minimum atomic E-state index is -2.63. The van der Waals surface area contributed by atoms with Crippen LogP contribution in [0, 0.1) is 18.3 Å². The van der Waals surface area contributed by atoms with E-state index in [-0.39, 0.29) is 22.7 Å². The number of hydrogen-bond acceptors (Lipinski definition) is 3. The van der Waals surface area contributed by atoms with Gasteiger partial charge in [0.1, 0.15) is 11.8 Å². The van der Waals surface area contributed by atoms with Gasteiger partial charge in [0.2, 0.25) is 5.88 Å². The molecule has 0 atom stereocenters. The maximum Gasteiger partial charge on any atom is 0.264 e. The van der Waals surface area contributed by atoms with Crippen LogP contribution in [0.25, 0.3) is 0 Å². The van der Waals surface area contributed by atoms with Gasteiger partial charge in [0.05, 0.1) is 7.11 Å². The third-order valence-electron chi connectivity index (χ3n) is 1.81. The standard InChI is InChI=1S/C9H8F2N2O/c1-5-7(8(10)11)3-6(4-12)13-9(5)14-2/h3,8H,1-2H3. The van der Waals surface area contributed by atoms with Crippen LogP contribution in [0.2, 0.25) is 0 Å². The highest BCUT2D eigenvalue weighted by Gasteiger charge is 2.16. The number of nitriles is 1. The van der Waals surface area contributed by atoms with Gasteiger partial charge in [0, 0.05) is 11.1 Å². The molecule has 0 radical (unpaired) electrons. The van der Waals surface area contributed by atoms with Crippen molar-refractivity contribution >= 4 is 0 Å². The summed E-state index contributed by atoms with van der Waals surface area (Å²) in [6.45, 7) is 1.48. The first-order valence-electron chi connectivity index (χ1n) is 3.84. The third kappa shape index (κ3) is 1.79. The second kappa shape index (κ2) is 4.01. The number of methoxy groups -OCH3 is 1. The Morgan fingerprint density at radius 2 is 2.21 bits per heavy atom. The van der Waals surface area contributed by atoms with Crippen molar-refractivity contribution in [1.29, 1.82) is 5.26 Å². The van der Waals surface area contributed by atoms with Crippen LogP contribution < -0.4 is 4.74 Å². The first-order chi connectivity index (χ1) is 6.60. The molecule has 0 aromatic carbocycles. The van der Waals surface area contributed by atoms with Crippen LogP contribution in [-0.2, 0) is 0 Å². The average Bonchev–Trinajstić information content (AvgIpc) is 2.17. The summed E-state index contributed by atoms with van der Waals surface area (Å²) in [5.41, 5.74) is -0.0161. The Labute approximate surface area is 79.9 Å². The van der Waals surface area contributed by atoms with Gasteiger partial charge in [-0.1, -0.05) is 0 Å². The number of ether oxygens (including phenoxy) is 1. The minimum Gasteiger partial charge on any atom is -0.481 e. The van der Waals surface area contributed by atoms with Crippen molar-refractivity contribution in [2.45, 2.75) is 13.3 Å². The summed E-state index contributed by atoms with van der Waals surface area (Å²) in [6.07, 6.45) is -2.63. The molecule has 3 nitrogen and oxygen atoms in total. The summed E-state index contributed by atoms with van der Waals surface area (Å²) in [6, 6.07) is 2.77. The lowest BCUT2D eigenvalue weighted by Crippen LogP contribution is -1.99. The average molecular weight is 198 g/mol. The Morgan fingerprint density at radius 1 is 1.57 bits per heavy atom. The Balaban J connectivity index is 3.36. The van der Waals surface area contributed by atoms with Gasteiger partial charge in [-0.25, -0.2) is 13.8 Å². The lowest BCUT2D eigenvalue weighted by molar-refractivity contribution is 0.150. The molecule has 0 spiro atoms. The summed E-state index contributed by atoms with van der Waals surface area (Å²) in [5, 5.41) is 8.54. The van der Waals surface area contributed by atoms with E-state index in [4.69, 9.17) is 10.00 Å². The molecular formula is C9H8F2N2O. The Kier molecular flexibility index (Phi) is 2.97. The van der Waals surface area contributed by atoms with E-state index in [1.165, 1.54) is 14.0 Å².